The highest BCUT2D eigenvalue weighted by Crippen LogP contribution is 2.01. The van der Waals surface area contributed by atoms with E-state index >= 15 is 0 Å². The number of thiocarbonyl (C=S) groups is 1. The fourth-order valence-corrected chi connectivity index (χ4v) is 1.80. The zero-order chi connectivity index (χ0) is 15.1. The lowest BCUT2D eigenvalue weighted by Crippen LogP contribution is -2.33. The number of hydrogen-bond acceptors (Lipinski definition) is 2. The number of hydrazone groups is 1. The van der Waals surface area contributed by atoms with Crippen molar-refractivity contribution in [3.8, 4) is 0 Å². The summed E-state index contributed by atoms with van der Waals surface area (Å²) in [6.45, 7) is 0.638. The van der Waals surface area contributed by atoms with Gasteiger partial charge in [-0.1, -0.05) is 42.5 Å². The Morgan fingerprint density at radius 1 is 1.24 bits per heavy atom. The molecular weight excluding hydrogens is 285 g/mol. The molecule has 1 N–H and O–H groups in total. The van der Waals surface area contributed by atoms with E-state index < -0.39 is 0 Å². The van der Waals surface area contributed by atoms with Gasteiger partial charge in [0.05, 0.1) is 6.21 Å². The fraction of sp³-hybridized carbons (Fsp3) is 0.125. The van der Waals surface area contributed by atoms with E-state index in [1.54, 1.807) is 30.4 Å². The van der Waals surface area contributed by atoms with Crippen molar-refractivity contribution in [2.24, 2.45) is 5.10 Å². The van der Waals surface area contributed by atoms with Gasteiger partial charge in [-0.15, -0.1) is 0 Å². The number of nitrogens with zero attached hydrogens (tertiary/aromatic N) is 2. The summed E-state index contributed by atoms with van der Waals surface area (Å²) in [6, 6.07) is 16.2. The van der Waals surface area contributed by atoms with Crippen molar-refractivity contribution in [1.29, 1.82) is 0 Å². The van der Waals surface area contributed by atoms with Crippen LogP contribution in [-0.4, -0.2) is 23.4 Å². The van der Waals surface area contributed by atoms with Crippen LogP contribution < -0.4 is 5.32 Å². The number of rotatable bonds is 4. The molecule has 0 aliphatic heterocycles. The minimum Gasteiger partial charge on any atom is -0.357 e. The maximum Gasteiger partial charge on any atom is 0.189 e. The predicted octanol–water partition coefficient (Wildman–Crippen LogP) is 3.17. The van der Waals surface area contributed by atoms with Crippen LogP contribution in [-0.2, 0) is 6.54 Å². The molecule has 0 heterocycles. The number of hydrogen-bond donors (Lipinski definition) is 1. The van der Waals surface area contributed by atoms with E-state index in [1.807, 2.05) is 30.3 Å². The van der Waals surface area contributed by atoms with Crippen LogP contribution in [0, 0.1) is 5.82 Å². The minimum atomic E-state index is -0.286. The van der Waals surface area contributed by atoms with Crippen molar-refractivity contribution < 1.29 is 4.39 Å². The first-order chi connectivity index (χ1) is 10.1. The Morgan fingerprint density at radius 3 is 2.71 bits per heavy atom. The fourth-order valence-electron chi connectivity index (χ4n) is 1.68. The van der Waals surface area contributed by atoms with Crippen LogP contribution >= 0.6 is 12.2 Å². The first-order valence-corrected chi connectivity index (χ1v) is 6.91. The highest BCUT2D eigenvalue weighted by Gasteiger charge is 2.01. The van der Waals surface area contributed by atoms with Crippen molar-refractivity contribution >= 4 is 23.5 Å². The molecule has 0 aliphatic carbocycles. The SMILES string of the molecule is CN(/N=C\c1cccc(F)c1)C(=S)NCc1ccccc1. The average Bonchev–Trinajstić information content (AvgIpc) is 2.51. The highest BCUT2D eigenvalue weighted by molar-refractivity contribution is 7.80. The predicted molar refractivity (Wildman–Crippen MR) is 87.6 cm³/mol. The molecule has 2 aromatic carbocycles. The molecule has 0 radical (unpaired) electrons. The van der Waals surface area contributed by atoms with Crippen molar-refractivity contribution in [2.75, 3.05) is 7.05 Å². The Balaban J connectivity index is 1.87. The lowest BCUT2D eigenvalue weighted by atomic mass is 10.2. The minimum absolute atomic E-state index is 0.286. The second-order valence-electron chi connectivity index (χ2n) is 4.47. The summed E-state index contributed by atoms with van der Waals surface area (Å²) >= 11 is 5.24. The van der Waals surface area contributed by atoms with Crippen LogP contribution in [0.1, 0.15) is 11.1 Å². The largest absolute Gasteiger partial charge is 0.357 e. The normalized spacial score (nSPS) is 10.6. The van der Waals surface area contributed by atoms with Crippen molar-refractivity contribution in [2.45, 2.75) is 6.54 Å². The Labute approximate surface area is 129 Å². The Morgan fingerprint density at radius 2 is 2.00 bits per heavy atom. The molecule has 0 saturated heterocycles. The summed E-state index contributed by atoms with van der Waals surface area (Å²) in [6.07, 6.45) is 1.57. The smallest absolute Gasteiger partial charge is 0.189 e. The lowest BCUT2D eigenvalue weighted by molar-refractivity contribution is 0.532. The highest BCUT2D eigenvalue weighted by atomic mass is 32.1. The van der Waals surface area contributed by atoms with Gasteiger partial charge in [-0.25, -0.2) is 9.40 Å². The molecule has 0 bridgehead atoms. The van der Waals surface area contributed by atoms with E-state index in [2.05, 4.69) is 10.4 Å². The quantitative estimate of drug-likeness (QED) is 0.534. The van der Waals surface area contributed by atoms with Crippen molar-refractivity contribution in [1.82, 2.24) is 10.3 Å². The van der Waals surface area contributed by atoms with E-state index in [4.69, 9.17) is 12.2 Å². The molecule has 0 aromatic heterocycles. The summed E-state index contributed by atoms with van der Waals surface area (Å²) in [5.74, 6) is -0.286. The molecule has 5 heteroatoms. The molecule has 21 heavy (non-hydrogen) atoms. The van der Waals surface area contributed by atoms with Crippen molar-refractivity contribution in [3.05, 3.63) is 71.5 Å². The van der Waals surface area contributed by atoms with E-state index in [-0.39, 0.29) is 5.82 Å². The first kappa shape index (κ1) is 15.1. The topological polar surface area (TPSA) is 27.6 Å². The third kappa shape index (κ3) is 4.96. The van der Waals surface area contributed by atoms with E-state index in [0.717, 1.165) is 5.56 Å². The van der Waals surface area contributed by atoms with Crippen LogP contribution in [0.4, 0.5) is 4.39 Å². The van der Waals surface area contributed by atoms with Crippen LogP contribution in [0.25, 0.3) is 0 Å². The van der Waals surface area contributed by atoms with Gasteiger partial charge in [0.2, 0.25) is 0 Å². The van der Waals surface area contributed by atoms with E-state index in [0.29, 0.717) is 17.2 Å². The summed E-state index contributed by atoms with van der Waals surface area (Å²) in [5, 5.41) is 9.35. The molecule has 0 amide bonds. The second-order valence-corrected chi connectivity index (χ2v) is 4.85. The summed E-state index contributed by atoms with van der Waals surface area (Å²) in [7, 11) is 1.75. The van der Waals surface area contributed by atoms with Gasteiger partial charge in [-0.3, -0.25) is 0 Å². The van der Waals surface area contributed by atoms with Gasteiger partial charge >= 0.3 is 0 Å². The van der Waals surface area contributed by atoms with E-state index in [9.17, 15) is 4.39 Å². The molecular formula is C16H16FN3S. The van der Waals surface area contributed by atoms with Crippen molar-refractivity contribution in [3.63, 3.8) is 0 Å². The van der Waals surface area contributed by atoms with Gasteiger partial charge in [0.1, 0.15) is 5.82 Å². The van der Waals surface area contributed by atoms with Gasteiger partial charge in [-0.2, -0.15) is 5.10 Å². The maximum absolute atomic E-state index is 13.0. The van der Waals surface area contributed by atoms with Gasteiger partial charge in [-0.05, 0) is 35.5 Å². The van der Waals surface area contributed by atoms with Crippen LogP contribution in [0.2, 0.25) is 0 Å². The van der Waals surface area contributed by atoms with E-state index in [1.165, 1.54) is 12.1 Å². The van der Waals surface area contributed by atoms with Gasteiger partial charge in [0, 0.05) is 13.6 Å². The van der Waals surface area contributed by atoms with Crippen LogP contribution in [0.5, 0.6) is 0 Å². The Hall–Kier alpha value is -2.27. The third-order valence-corrected chi connectivity index (χ3v) is 3.22. The summed E-state index contributed by atoms with van der Waals surface area (Å²) in [4.78, 5) is 0. The second kappa shape index (κ2) is 7.50. The van der Waals surface area contributed by atoms with Gasteiger partial charge in [0.15, 0.2) is 5.11 Å². The molecule has 0 aliphatic rings. The van der Waals surface area contributed by atoms with Crippen LogP contribution in [0.15, 0.2) is 59.7 Å². The molecule has 2 rings (SSSR count). The molecule has 0 atom stereocenters. The molecule has 2 aromatic rings. The lowest BCUT2D eigenvalue weighted by Gasteiger charge is -2.15. The molecule has 108 valence electrons. The Bertz CT molecular complexity index is 628. The summed E-state index contributed by atoms with van der Waals surface area (Å²) < 4.78 is 13.0. The maximum atomic E-state index is 13.0. The molecule has 3 nitrogen and oxygen atoms in total. The molecule has 0 spiro atoms. The molecule has 0 fully saturated rings. The number of halogens is 1. The zero-order valence-electron chi connectivity index (χ0n) is 11.7. The number of benzene rings is 2. The van der Waals surface area contributed by atoms with Gasteiger partial charge in [0.25, 0.3) is 0 Å². The molecule has 0 saturated carbocycles. The number of nitrogens with one attached hydrogen (secondary N) is 1. The summed E-state index contributed by atoms with van der Waals surface area (Å²) in [5.41, 5.74) is 1.83. The third-order valence-electron chi connectivity index (χ3n) is 2.81. The van der Waals surface area contributed by atoms with Gasteiger partial charge < -0.3 is 5.32 Å². The monoisotopic (exact) mass is 301 g/mol. The standard InChI is InChI=1S/C16H16FN3S/c1-20(19-12-14-8-5-9-15(17)10-14)16(21)18-11-13-6-3-2-4-7-13/h2-10,12H,11H2,1H3,(H,18,21)/b19-12-. The first-order valence-electron chi connectivity index (χ1n) is 6.50. The molecule has 0 unspecified atom stereocenters. The Kier molecular flexibility index (Phi) is 5.40. The average molecular weight is 301 g/mol. The van der Waals surface area contributed by atoms with Crippen LogP contribution in [0.3, 0.4) is 0 Å². The zero-order valence-corrected chi connectivity index (χ0v) is 12.5.